The SMILES string of the molecule is CC(C)c1noc(CCC(=O)NC(C)(C)C(=O)O)n1. The van der Waals surface area contributed by atoms with Gasteiger partial charge in [0.2, 0.25) is 11.8 Å². The van der Waals surface area contributed by atoms with E-state index in [9.17, 15) is 9.59 Å². The molecule has 1 aromatic rings. The molecule has 106 valence electrons. The molecule has 0 atom stereocenters. The van der Waals surface area contributed by atoms with Crippen LogP contribution in [0.5, 0.6) is 0 Å². The maximum atomic E-state index is 11.6. The molecule has 0 saturated carbocycles. The Kier molecular flexibility index (Phi) is 4.63. The van der Waals surface area contributed by atoms with Crippen LogP contribution in [0.2, 0.25) is 0 Å². The van der Waals surface area contributed by atoms with Crippen molar-refractivity contribution in [1.29, 1.82) is 0 Å². The third kappa shape index (κ3) is 4.35. The highest BCUT2D eigenvalue weighted by Gasteiger charge is 2.28. The zero-order chi connectivity index (χ0) is 14.6. The van der Waals surface area contributed by atoms with Crippen molar-refractivity contribution in [2.75, 3.05) is 0 Å². The molecule has 7 heteroatoms. The Morgan fingerprint density at radius 2 is 2.05 bits per heavy atom. The molecule has 0 unspecified atom stereocenters. The monoisotopic (exact) mass is 269 g/mol. The van der Waals surface area contributed by atoms with Crippen molar-refractivity contribution in [3.05, 3.63) is 11.7 Å². The van der Waals surface area contributed by atoms with E-state index in [1.54, 1.807) is 0 Å². The normalized spacial score (nSPS) is 11.6. The summed E-state index contributed by atoms with van der Waals surface area (Å²) in [5, 5.41) is 15.1. The van der Waals surface area contributed by atoms with Crippen LogP contribution in [-0.4, -0.2) is 32.7 Å². The van der Waals surface area contributed by atoms with Crippen molar-refractivity contribution in [1.82, 2.24) is 15.5 Å². The summed E-state index contributed by atoms with van der Waals surface area (Å²) >= 11 is 0. The smallest absolute Gasteiger partial charge is 0.328 e. The molecule has 1 amide bonds. The number of amides is 1. The molecule has 1 rings (SSSR count). The molecule has 19 heavy (non-hydrogen) atoms. The first-order valence-electron chi connectivity index (χ1n) is 6.09. The number of carbonyl (C=O) groups excluding carboxylic acids is 1. The molecule has 0 bridgehead atoms. The fourth-order valence-electron chi connectivity index (χ4n) is 1.29. The third-order valence-electron chi connectivity index (χ3n) is 2.55. The van der Waals surface area contributed by atoms with E-state index in [2.05, 4.69) is 15.5 Å². The fourth-order valence-corrected chi connectivity index (χ4v) is 1.29. The summed E-state index contributed by atoms with van der Waals surface area (Å²) < 4.78 is 5.00. The largest absolute Gasteiger partial charge is 0.480 e. The minimum atomic E-state index is -1.28. The van der Waals surface area contributed by atoms with E-state index >= 15 is 0 Å². The fraction of sp³-hybridized carbons (Fsp3) is 0.667. The third-order valence-corrected chi connectivity index (χ3v) is 2.55. The molecular weight excluding hydrogens is 250 g/mol. The first-order chi connectivity index (χ1) is 8.72. The lowest BCUT2D eigenvalue weighted by Crippen LogP contribution is -2.49. The minimum absolute atomic E-state index is 0.108. The molecule has 0 radical (unpaired) electrons. The highest BCUT2D eigenvalue weighted by Crippen LogP contribution is 2.11. The van der Waals surface area contributed by atoms with Gasteiger partial charge in [-0.2, -0.15) is 4.98 Å². The lowest BCUT2D eigenvalue weighted by Gasteiger charge is -2.20. The molecule has 1 aromatic heterocycles. The lowest BCUT2D eigenvalue weighted by atomic mass is 10.1. The molecule has 0 aliphatic heterocycles. The molecule has 0 saturated heterocycles. The van der Waals surface area contributed by atoms with Crippen LogP contribution >= 0.6 is 0 Å². The van der Waals surface area contributed by atoms with Crippen LogP contribution in [0, 0.1) is 0 Å². The number of aliphatic carboxylic acids is 1. The highest BCUT2D eigenvalue weighted by atomic mass is 16.5. The summed E-state index contributed by atoms with van der Waals surface area (Å²) in [4.78, 5) is 26.6. The lowest BCUT2D eigenvalue weighted by molar-refractivity contribution is -0.146. The van der Waals surface area contributed by atoms with Gasteiger partial charge in [0.25, 0.3) is 0 Å². The van der Waals surface area contributed by atoms with Gasteiger partial charge in [0.05, 0.1) is 0 Å². The first-order valence-corrected chi connectivity index (χ1v) is 6.09. The molecule has 0 aliphatic rings. The minimum Gasteiger partial charge on any atom is -0.480 e. The number of carbonyl (C=O) groups is 2. The predicted molar refractivity (Wildman–Crippen MR) is 66.6 cm³/mol. The number of carboxylic acid groups (broad SMARTS) is 1. The number of rotatable bonds is 6. The van der Waals surface area contributed by atoms with E-state index in [4.69, 9.17) is 9.63 Å². The summed E-state index contributed by atoms with van der Waals surface area (Å²) in [6, 6.07) is 0. The van der Waals surface area contributed by atoms with Gasteiger partial charge in [-0.05, 0) is 13.8 Å². The number of aromatic nitrogens is 2. The van der Waals surface area contributed by atoms with E-state index in [-0.39, 0.29) is 18.2 Å². The average Bonchev–Trinajstić information content (AvgIpc) is 2.74. The molecule has 7 nitrogen and oxygen atoms in total. The summed E-state index contributed by atoms with van der Waals surface area (Å²) in [5.74, 6) is -0.303. The summed E-state index contributed by atoms with van der Waals surface area (Å²) in [5.41, 5.74) is -1.28. The van der Waals surface area contributed by atoms with Crippen LogP contribution < -0.4 is 5.32 Å². The Labute approximate surface area is 111 Å². The predicted octanol–water partition coefficient (Wildman–Crippen LogP) is 1.10. The van der Waals surface area contributed by atoms with Crippen LogP contribution in [0.4, 0.5) is 0 Å². The molecular formula is C12H19N3O4. The Morgan fingerprint density at radius 3 is 2.53 bits per heavy atom. The Morgan fingerprint density at radius 1 is 1.42 bits per heavy atom. The number of nitrogens with zero attached hydrogens (tertiary/aromatic N) is 2. The van der Waals surface area contributed by atoms with Crippen LogP contribution in [0.25, 0.3) is 0 Å². The Balaban J connectivity index is 2.48. The molecule has 0 aromatic carbocycles. The van der Waals surface area contributed by atoms with Crippen molar-refractivity contribution in [3.63, 3.8) is 0 Å². The summed E-state index contributed by atoms with van der Waals surface area (Å²) in [6.07, 6.45) is 0.400. The summed E-state index contributed by atoms with van der Waals surface area (Å²) in [6.45, 7) is 6.74. The van der Waals surface area contributed by atoms with Crippen molar-refractivity contribution >= 4 is 11.9 Å². The van der Waals surface area contributed by atoms with Crippen molar-refractivity contribution in [2.45, 2.75) is 52.0 Å². The van der Waals surface area contributed by atoms with Crippen LogP contribution in [0.15, 0.2) is 4.52 Å². The van der Waals surface area contributed by atoms with Gasteiger partial charge in [0.1, 0.15) is 5.54 Å². The van der Waals surface area contributed by atoms with E-state index in [0.29, 0.717) is 18.1 Å². The molecule has 0 spiro atoms. The van der Waals surface area contributed by atoms with Gasteiger partial charge in [0, 0.05) is 18.8 Å². The van der Waals surface area contributed by atoms with Gasteiger partial charge in [-0.1, -0.05) is 19.0 Å². The van der Waals surface area contributed by atoms with Gasteiger partial charge in [-0.25, -0.2) is 4.79 Å². The zero-order valence-corrected chi connectivity index (χ0v) is 11.6. The van der Waals surface area contributed by atoms with Crippen molar-refractivity contribution < 1.29 is 19.2 Å². The number of nitrogens with one attached hydrogen (secondary N) is 1. The second-order valence-corrected chi connectivity index (χ2v) is 5.18. The van der Waals surface area contributed by atoms with Gasteiger partial charge < -0.3 is 14.9 Å². The van der Waals surface area contributed by atoms with Crippen LogP contribution in [-0.2, 0) is 16.0 Å². The number of aryl methyl sites for hydroxylation is 1. The number of hydrogen-bond donors (Lipinski definition) is 2. The number of carboxylic acids is 1. The van der Waals surface area contributed by atoms with Crippen LogP contribution in [0.3, 0.4) is 0 Å². The Hall–Kier alpha value is -1.92. The maximum absolute atomic E-state index is 11.6. The van der Waals surface area contributed by atoms with Gasteiger partial charge in [-0.15, -0.1) is 0 Å². The highest BCUT2D eigenvalue weighted by molar-refractivity contribution is 5.86. The van der Waals surface area contributed by atoms with E-state index in [0.717, 1.165) is 0 Å². The molecule has 0 aliphatic carbocycles. The topological polar surface area (TPSA) is 105 Å². The summed E-state index contributed by atoms with van der Waals surface area (Å²) in [7, 11) is 0. The van der Waals surface area contributed by atoms with Crippen molar-refractivity contribution in [2.24, 2.45) is 0 Å². The second-order valence-electron chi connectivity index (χ2n) is 5.18. The van der Waals surface area contributed by atoms with Crippen molar-refractivity contribution in [3.8, 4) is 0 Å². The van der Waals surface area contributed by atoms with Gasteiger partial charge >= 0.3 is 5.97 Å². The van der Waals surface area contributed by atoms with E-state index < -0.39 is 11.5 Å². The molecule has 2 N–H and O–H groups in total. The average molecular weight is 269 g/mol. The van der Waals surface area contributed by atoms with Gasteiger partial charge in [0.15, 0.2) is 5.82 Å². The van der Waals surface area contributed by atoms with Gasteiger partial charge in [-0.3, -0.25) is 4.79 Å². The standard InChI is InChI=1S/C12H19N3O4/c1-7(2)10-13-9(19-15-10)6-5-8(16)14-12(3,4)11(17)18/h7H,5-6H2,1-4H3,(H,14,16)(H,17,18). The molecule has 0 fully saturated rings. The van der Waals surface area contributed by atoms with E-state index in [1.165, 1.54) is 13.8 Å². The quantitative estimate of drug-likeness (QED) is 0.801. The second kappa shape index (κ2) is 5.81. The zero-order valence-electron chi connectivity index (χ0n) is 11.6. The number of hydrogen-bond acceptors (Lipinski definition) is 5. The molecule has 1 heterocycles. The van der Waals surface area contributed by atoms with Crippen LogP contribution in [0.1, 0.15) is 51.7 Å². The first kappa shape index (κ1) is 15.1. The Bertz CT molecular complexity index is 465. The van der Waals surface area contributed by atoms with E-state index in [1.807, 2.05) is 13.8 Å². The maximum Gasteiger partial charge on any atom is 0.328 e.